The molecule has 2 N–H and O–H groups in total. The highest BCUT2D eigenvalue weighted by Crippen LogP contribution is 2.33. The quantitative estimate of drug-likeness (QED) is 0.478. The van der Waals surface area contributed by atoms with Crippen LogP contribution in [0.25, 0.3) is 0 Å². The van der Waals surface area contributed by atoms with Crippen molar-refractivity contribution in [2.45, 2.75) is 25.7 Å². The Kier molecular flexibility index (Phi) is 7.16. The largest absolute Gasteiger partial charge is 0.462 e. The maximum atomic E-state index is 12.8. The Labute approximate surface area is 195 Å². The van der Waals surface area contributed by atoms with Gasteiger partial charge in [-0.1, -0.05) is 23.8 Å². The van der Waals surface area contributed by atoms with Crippen molar-refractivity contribution in [2.75, 3.05) is 16.6 Å². The lowest BCUT2D eigenvalue weighted by atomic mass is 10.1. The summed E-state index contributed by atoms with van der Waals surface area (Å²) in [5.74, 6) is -1.12. The minimum Gasteiger partial charge on any atom is -0.462 e. The number of ether oxygens (including phenoxy) is 1. The van der Waals surface area contributed by atoms with E-state index < -0.39 is 21.9 Å². The monoisotopic (exact) mass is 483 g/mol. The number of nitrogens with zero attached hydrogens (tertiary/aromatic N) is 1. The van der Waals surface area contributed by atoms with Crippen LogP contribution in [-0.4, -0.2) is 26.9 Å². The SMILES string of the molecule is CCOC(=O)c1sc(NC(=O)c2cccc(NS(=O)(=O)c3ccc(C)cc3)c2)c(C#N)c1C. The van der Waals surface area contributed by atoms with E-state index in [2.05, 4.69) is 10.0 Å². The fraction of sp³-hybridized carbons (Fsp3) is 0.174. The number of sulfonamides is 1. The van der Waals surface area contributed by atoms with Gasteiger partial charge in [0.25, 0.3) is 15.9 Å². The molecule has 10 heteroatoms. The number of nitriles is 1. The summed E-state index contributed by atoms with van der Waals surface area (Å²) in [6.45, 7) is 5.33. The van der Waals surface area contributed by atoms with Gasteiger partial charge in [0, 0.05) is 11.3 Å². The molecule has 0 bridgehead atoms. The summed E-state index contributed by atoms with van der Waals surface area (Å²) < 4.78 is 32.7. The molecule has 0 radical (unpaired) electrons. The summed E-state index contributed by atoms with van der Waals surface area (Å²) in [6.07, 6.45) is 0. The van der Waals surface area contributed by atoms with E-state index in [0.717, 1.165) is 16.9 Å². The van der Waals surface area contributed by atoms with E-state index in [1.807, 2.05) is 13.0 Å². The summed E-state index contributed by atoms with van der Waals surface area (Å²) in [4.78, 5) is 25.3. The number of anilines is 2. The second-order valence-corrected chi connectivity index (χ2v) is 9.75. The topological polar surface area (TPSA) is 125 Å². The molecule has 2 aromatic carbocycles. The Hall–Kier alpha value is -3.68. The number of hydrogen-bond acceptors (Lipinski definition) is 7. The molecule has 0 unspecified atom stereocenters. The molecule has 170 valence electrons. The standard InChI is InChI=1S/C23H21N3O5S2/c1-4-31-23(28)20-15(3)19(13-24)22(32-20)25-21(27)16-6-5-7-17(12-16)26-33(29,30)18-10-8-14(2)9-11-18/h5-12,26H,4H2,1-3H3,(H,25,27). The molecule has 1 amide bonds. The van der Waals surface area contributed by atoms with Gasteiger partial charge in [-0.3, -0.25) is 9.52 Å². The molecule has 1 aromatic heterocycles. The minimum absolute atomic E-state index is 0.0992. The van der Waals surface area contributed by atoms with Gasteiger partial charge in [0.2, 0.25) is 0 Å². The first kappa shape index (κ1) is 24.0. The van der Waals surface area contributed by atoms with Crippen LogP contribution in [0.3, 0.4) is 0 Å². The van der Waals surface area contributed by atoms with E-state index in [4.69, 9.17) is 4.74 Å². The number of carbonyl (C=O) groups is 2. The first-order valence-electron chi connectivity index (χ1n) is 9.87. The predicted octanol–water partition coefficient (Wildman–Crippen LogP) is 4.47. The summed E-state index contributed by atoms with van der Waals surface area (Å²) in [6, 6.07) is 14.3. The Balaban J connectivity index is 1.83. The van der Waals surface area contributed by atoms with E-state index in [9.17, 15) is 23.3 Å². The van der Waals surface area contributed by atoms with Crippen molar-refractivity contribution in [1.29, 1.82) is 5.26 Å². The van der Waals surface area contributed by atoms with Crippen molar-refractivity contribution in [3.63, 3.8) is 0 Å². The van der Waals surface area contributed by atoms with E-state index in [1.54, 1.807) is 26.0 Å². The fourth-order valence-electron chi connectivity index (χ4n) is 2.96. The van der Waals surface area contributed by atoms with Crippen molar-refractivity contribution in [1.82, 2.24) is 0 Å². The van der Waals surface area contributed by atoms with Crippen LogP contribution in [0.5, 0.6) is 0 Å². The van der Waals surface area contributed by atoms with Crippen LogP contribution in [-0.2, 0) is 14.8 Å². The zero-order valence-electron chi connectivity index (χ0n) is 18.1. The zero-order valence-corrected chi connectivity index (χ0v) is 19.8. The molecule has 33 heavy (non-hydrogen) atoms. The number of aryl methyl sites for hydroxylation is 1. The first-order valence-corrected chi connectivity index (χ1v) is 12.2. The Morgan fingerprint density at radius 2 is 1.82 bits per heavy atom. The highest BCUT2D eigenvalue weighted by atomic mass is 32.2. The number of amides is 1. The van der Waals surface area contributed by atoms with E-state index in [0.29, 0.717) is 5.56 Å². The van der Waals surface area contributed by atoms with Gasteiger partial charge in [0.05, 0.1) is 17.1 Å². The maximum absolute atomic E-state index is 12.8. The molecule has 0 saturated carbocycles. The third-order valence-electron chi connectivity index (χ3n) is 4.65. The van der Waals surface area contributed by atoms with Crippen LogP contribution < -0.4 is 10.0 Å². The fourth-order valence-corrected chi connectivity index (χ4v) is 5.05. The van der Waals surface area contributed by atoms with Crippen molar-refractivity contribution in [3.05, 3.63) is 75.7 Å². The Morgan fingerprint density at radius 3 is 2.45 bits per heavy atom. The average Bonchev–Trinajstić information content (AvgIpc) is 3.09. The van der Waals surface area contributed by atoms with Gasteiger partial charge in [-0.25, -0.2) is 13.2 Å². The summed E-state index contributed by atoms with van der Waals surface area (Å²) in [5, 5.41) is 12.3. The molecule has 0 atom stereocenters. The molecule has 3 aromatic rings. The molecule has 0 spiro atoms. The molecule has 3 rings (SSSR count). The number of rotatable bonds is 7. The lowest BCUT2D eigenvalue weighted by Gasteiger charge is -2.10. The first-order chi connectivity index (χ1) is 15.7. The van der Waals surface area contributed by atoms with Crippen molar-refractivity contribution >= 4 is 43.9 Å². The van der Waals surface area contributed by atoms with Crippen LogP contribution >= 0.6 is 11.3 Å². The van der Waals surface area contributed by atoms with Crippen LogP contribution in [0.15, 0.2) is 53.4 Å². The van der Waals surface area contributed by atoms with Crippen molar-refractivity contribution in [2.24, 2.45) is 0 Å². The average molecular weight is 484 g/mol. The number of carbonyl (C=O) groups excluding carboxylic acids is 2. The van der Waals surface area contributed by atoms with Crippen molar-refractivity contribution in [3.8, 4) is 6.07 Å². The molecule has 8 nitrogen and oxygen atoms in total. The highest BCUT2D eigenvalue weighted by molar-refractivity contribution is 7.92. The molecule has 0 fully saturated rings. The third-order valence-corrected chi connectivity index (χ3v) is 7.24. The lowest BCUT2D eigenvalue weighted by Crippen LogP contribution is -2.15. The number of esters is 1. The highest BCUT2D eigenvalue weighted by Gasteiger charge is 2.23. The number of thiophene rings is 1. The number of benzene rings is 2. The molecule has 0 aliphatic carbocycles. The maximum Gasteiger partial charge on any atom is 0.348 e. The van der Waals surface area contributed by atoms with E-state index >= 15 is 0 Å². The number of hydrogen-bond donors (Lipinski definition) is 2. The summed E-state index contributed by atoms with van der Waals surface area (Å²) in [5.41, 5.74) is 1.91. The van der Waals surface area contributed by atoms with Crippen LogP contribution in [0.1, 0.15) is 43.6 Å². The van der Waals surface area contributed by atoms with Gasteiger partial charge in [0.1, 0.15) is 15.9 Å². The molecule has 0 aliphatic heterocycles. The third kappa shape index (κ3) is 5.39. The normalized spacial score (nSPS) is 10.8. The van der Waals surface area contributed by atoms with Gasteiger partial charge in [-0.05, 0) is 56.7 Å². The van der Waals surface area contributed by atoms with Gasteiger partial charge in [-0.2, -0.15) is 5.26 Å². The van der Waals surface area contributed by atoms with Gasteiger partial charge < -0.3 is 10.1 Å². The van der Waals surface area contributed by atoms with Gasteiger partial charge >= 0.3 is 5.97 Å². The van der Waals surface area contributed by atoms with E-state index in [1.165, 1.54) is 36.4 Å². The lowest BCUT2D eigenvalue weighted by molar-refractivity contribution is 0.0531. The predicted molar refractivity (Wildman–Crippen MR) is 126 cm³/mol. The zero-order chi connectivity index (χ0) is 24.2. The number of nitrogens with one attached hydrogen (secondary N) is 2. The summed E-state index contributed by atoms with van der Waals surface area (Å²) >= 11 is 0.954. The molecule has 1 heterocycles. The Bertz CT molecular complexity index is 1350. The van der Waals surface area contributed by atoms with E-state index in [-0.39, 0.29) is 38.2 Å². The second kappa shape index (κ2) is 9.85. The van der Waals surface area contributed by atoms with Crippen molar-refractivity contribution < 1.29 is 22.7 Å². The van der Waals surface area contributed by atoms with Crippen LogP contribution in [0, 0.1) is 25.2 Å². The molecular formula is C23H21N3O5S2. The molecular weight excluding hydrogens is 462 g/mol. The van der Waals surface area contributed by atoms with Gasteiger partial charge in [0.15, 0.2) is 0 Å². The minimum atomic E-state index is -3.83. The van der Waals surface area contributed by atoms with Crippen LogP contribution in [0.4, 0.5) is 10.7 Å². The summed E-state index contributed by atoms with van der Waals surface area (Å²) in [7, 11) is -3.83. The smallest absolute Gasteiger partial charge is 0.348 e. The Morgan fingerprint density at radius 1 is 1.12 bits per heavy atom. The molecule has 0 saturated heterocycles. The second-order valence-electron chi connectivity index (χ2n) is 7.05. The molecule has 0 aliphatic rings. The van der Waals surface area contributed by atoms with Crippen LogP contribution in [0.2, 0.25) is 0 Å². The van der Waals surface area contributed by atoms with Gasteiger partial charge in [-0.15, -0.1) is 11.3 Å².